The molecule has 0 fully saturated rings. The minimum atomic E-state index is -1.10. The fourth-order valence-corrected chi connectivity index (χ4v) is 8.78. The quantitative estimate of drug-likeness (QED) is 0.158. The first-order valence-corrected chi connectivity index (χ1v) is 24.3. The third-order valence-electron chi connectivity index (χ3n) is 8.28. The molecule has 5 heteroatoms. The van der Waals surface area contributed by atoms with E-state index in [1.165, 1.54) is 76.4 Å². The Kier molecular flexibility index (Phi) is 15.7. The summed E-state index contributed by atoms with van der Waals surface area (Å²) >= 11 is 1.46. The third kappa shape index (κ3) is 10.8. The van der Waals surface area contributed by atoms with Crippen LogP contribution in [-0.2, 0) is 37.1 Å². The first-order valence-electron chi connectivity index (χ1n) is 16.0. The zero-order chi connectivity index (χ0) is 31.9. The van der Waals surface area contributed by atoms with E-state index >= 15 is 0 Å². The van der Waals surface area contributed by atoms with Gasteiger partial charge in [0.15, 0.2) is 0 Å². The van der Waals surface area contributed by atoms with Crippen molar-refractivity contribution in [3.8, 4) is 0 Å². The van der Waals surface area contributed by atoms with E-state index in [0.29, 0.717) is 5.54 Å². The van der Waals surface area contributed by atoms with E-state index in [0.717, 1.165) is 12.8 Å². The standard InChI is InChI=1S/C17H17.C13H10.C11H21Si2.2ClH.Zr/c1-3-12-5-7-16-14(9-12)11-15-10-13(4-2)6-8-17(15)16;1-3-7-12(8-4-1)11-13-9-5-2-6-10-13;1-12(2,3)10-7-8-11(9-10)13(4,5)6;;;/h5-11H,3-4H2,1-2H3;1-10H;7-8,10H,1-6H3;2*1H;/q-1;;-1;;;+2/p-2. The molecule has 1 aliphatic rings. The van der Waals surface area contributed by atoms with Crippen molar-refractivity contribution in [2.45, 2.75) is 71.5 Å². The second-order valence-electron chi connectivity index (χ2n) is 13.8. The summed E-state index contributed by atoms with van der Waals surface area (Å²) in [5.41, 5.74) is 6.16. The van der Waals surface area contributed by atoms with Gasteiger partial charge in [0, 0.05) is 16.1 Å². The molecule has 1 unspecified atom stereocenters. The van der Waals surface area contributed by atoms with E-state index < -0.39 is 16.1 Å². The molecule has 46 heavy (non-hydrogen) atoms. The van der Waals surface area contributed by atoms with Crippen molar-refractivity contribution in [1.82, 2.24) is 0 Å². The van der Waals surface area contributed by atoms with Gasteiger partial charge in [0.1, 0.15) is 0 Å². The Balaban J connectivity index is 0.000000238. The molecule has 0 bridgehead atoms. The molecule has 0 aromatic heterocycles. The normalized spacial score (nSPS) is 13.9. The number of aryl methyl sites for hydroxylation is 2. The topological polar surface area (TPSA) is 0 Å². The molecular weight excluding hydrogens is 711 g/mol. The molecule has 1 aliphatic carbocycles. The molecule has 0 nitrogen and oxygen atoms in total. The van der Waals surface area contributed by atoms with Crippen molar-refractivity contribution < 1.29 is 49.0 Å². The van der Waals surface area contributed by atoms with Gasteiger partial charge in [-0.1, -0.05) is 88.5 Å². The minimum absolute atomic E-state index is 0. The van der Waals surface area contributed by atoms with E-state index in [2.05, 4.69) is 174 Å². The first kappa shape index (κ1) is 40.2. The van der Waals surface area contributed by atoms with Gasteiger partial charge in [0.05, 0.1) is 0 Å². The second kappa shape index (κ2) is 18.0. The molecule has 5 aromatic carbocycles. The fraction of sp³-hybridized carbons (Fsp3) is 0.268. The number of rotatable bonds is 6. The number of hydrogen-bond donors (Lipinski definition) is 0. The predicted octanol–water partition coefficient (Wildman–Crippen LogP) is 5.52. The molecule has 1 atom stereocenters. The first-order chi connectivity index (χ1) is 20.9. The van der Waals surface area contributed by atoms with Gasteiger partial charge < -0.3 is 24.8 Å². The van der Waals surface area contributed by atoms with Gasteiger partial charge in [-0.25, -0.2) is 11.3 Å². The summed E-state index contributed by atoms with van der Waals surface area (Å²) < 4.78 is 1.42. The van der Waals surface area contributed by atoms with Crippen LogP contribution in [0.2, 0.25) is 44.8 Å². The van der Waals surface area contributed by atoms with E-state index in [-0.39, 0.29) is 24.8 Å². The Hall–Kier alpha value is -2.00. The number of allylic oxidation sites excluding steroid dienone is 4. The van der Waals surface area contributed by atoms with E-state index in [1.54, 1.807) is 0 Å². The van der Waals surface area contributed by atoms with Crippen molar-refractivity contribution >= 4 is 40.9 Å². The van der Waals surface area contributed by atoms with Crippen LogP contribution in [0.1, 0.15) is 36.1 Å². The van der Waals surface area contributed by atoms with Crippen molar-refractivity contribution in [1.29, 1.82) is 0 Å². The number of hydrogen-bond acceptors (Lipinski definition) is 0. The molecule has 0 aliphatic heterocycles. The van der Waals surface area contributed by atoms with E-state index in [4.69, 9.17) is 0 Å². The summed E-state index contributed by atoms with van der Waals surface area (Å²) in [4.78, 5) is 0. The Bertz CT molecular complexity index is 1660. The fourth-order valence-electron chi connectivity index (χ4n) is 5.37. The molecule has 0 spiro atoms. The van der Waals surface area contributed by atoms with Crippen LogP contribution in [0, 0.1) is 6.08 Å². The second-order valence-corrected chi connectivity index (χ2v) is 25.4. The van der Waals surface area contributed by atoms with Crippen LogP contribution in [-0.4, -0.2) is 19.4 Å². The predicted molar refractivity (Wildman–Crippen MR) is 198 cm³/mol. The Morgan fingerprint density at radius 1 is 0.674 bits per heavy atom. The molecule has 0 saturated heterocycles. The summed E-state index contributed by atoms with van der Waals surface area (Å²) in [6, 6.07) is 37.1. The van der Waals surface area contributed by atoms with E-state index in [1.807, 2.05) is 0 Å². The van der Waals surface area contributed by atoms with Crippen LogP contribution in [0.4, 0.5) is 0 Å². The van der Waals surface area contributed by atoms with Crippen molar-refractivity contribution in [2.24, 2.45) is 0 Å². The number of fused-ring (bicyclic) bond motifs is 3. The van der Waals surface area contributed by atoms with Gasteiger partial charge in [-0.05, 0) is 12.8 Å². The van der Waals surface area contributed by atoms with E-state index in [9.17, 15) is 0 Å². The number of halogens is 2. The summed E-state index contributed by atoms with van der Waals surface area (Å²) in [7, 11) is -2.15. The molecular formula is C41H48Cl2Si2Zr-2. The molecule has 0 N–H and O–H groups in total. The molecule has 0 radical (unpaired) electrons. The summed E-state index contributed by atoms with van der Waals surface area (Å²) in [5.74, 6) is 0. The zero-order valence-electron chi connectivity index (χ0n) is 28.7. The van der Waals surface area contributed by atoms with Crippen LogP contribution in [0.25, 0.3) is 21.5 Å². The van der Waals surface area contributed by atoms with Crippen LogP contribution >= 0.6 is 0 Å². The van der Waals surface area contributed by atoms with Gasteiger partial charge in [0.2, 0.25) is 0 Å². The average Bonchev–Trinajstić information content (AvgIpc) is 3.68. The Morgan fingerprint density at radius 3 is 1.43 bits per heavy atom. The van der Waals surface area contributed by atoms with Gasteiger partial charge in [-0.15, -0.1) is 45.3 Å². The molecule has 0 saturated carbocycles. The Labute approximate surface area is 307 Å². The Morgan fingerprint density at radius 2 is 1.11 bits per heavy atom. The van der Waals surface area contributed by atoms with Crippen LogP contribution in [0.3, 0.4) is 0 Å². The summed E-state index contributed by atoms with van der Waals surface area (Å²) in [6.45, 7) is 18.9. The van der Waals surface area contributed by atoms with Crippen LogP contribution in [0.15, 0.2) is 120 Å². The molecule has 5 aromatic rings. The van der Waals surface area contributed by atoms with Gasteiger partial charge in [0.25, 0.3) is 0 Å². The average molecular weight is 759 g/mol. The van der Waals surface area contributed by atoms with Gasteiger partial charge in [-0.3, -0.25) is 6.08 Å². The molecule has 240 valence electrons. The number of benzene rings is 4. The molecule has 0 heterocycles. The van der Waals surface area contributed by atoms with Gasteiger partial charge in [-0.2, -0.15) is 6.08 Å². The van der Waals surface area contributed by atoms with Crippen LogP contribution in [0.5, 0.6) is 0 Å². The molecule has 6 rings (SSSR count). The maximum atomic E-state index is 3.70. The maximum absolute atomic E-state index is 3.70. The molecule has 0 amide bonds. The third-order valence-corrected chi connectivity index (χ3v) is 13.8. The van der Waals surface area contributed by atoms with Gasteiger partial charge >= 0.3 is 99.2 Å². The van der Waals surface area contributed by atoms with Crippen LogP contribution < -0.4 is 24.8 Å². The summed E-state index contributed by atoms with van der Waals surface area (Å²) in [6.07, 6.45) is 10.6. The van der Waals surface area contributed by atoms with Crippen molar-refractivity contribution in [3.05, 3.63) is 149 Å². The summed E-state index contributed by atoms with van der Waals surface area (Å²) in [5, 5.41) is 7.07. The van der Waals surface area contributed by atoms with Crippen molar-refractivity contribution in [3.63, 3.8) is 0 Å². The monoisotopic (exact) mass is 756 g/mol. The van der Waals surface area contributed by atoms with Crippen molar-refractivity contribution in [2.75, 3.05) is 0 Å². The zero-order valence-corrected chi connectivity index (χ0v) is 34.7. The SMILES string of the molecule is CCc1ccc2c(c1)[cH-]c1cc(CC)ccc12.C[Si](C)(C)C1=[C-]C([Si](C)(C)C)C=C1.[Cl-].[Cl-].[Zr+2]=[C](c1ccccc1)c1ccccc1.